The first-order chi connectivity index (χ1) is 9.09. The minimum Gasteiger partial charge on any atom is -0.403 e. The van der Waals surface area contributed by atoms with Gasteiger partial charge in [0.25, 0.3) is 0 Å². The highest BCUT2D eigenvalue weighted by Crippen LogP contribution is 2.41. The van der Waals surface area contributed by atoms with Gasteiger partial charge in [-0.25, -0.2) is 4.79 Å². The molecule has 0 bridgehead atoms. The van der Waals surface area contributed by atoms with Crippen LogP contribution in [0.3, 0.4) is 0 Å². The van der Waals surface area contributed by atoms with Crippen LogP contribution in [-0.2, 0) is 0 Å². The summed E-state index contributed by atoms with van der Waals surface area (Å²) in [6.07, 6.45) is 4.14. The van der Waals surface area contributed by atoms with Crippen molar-refractivity contribution in [3.63, 3.8) is 0 Å². The topological polar surface area (TPSA) is 95.5 Å². The molecule has 1 saturated carbocycles. The van der Waals surface area contributed by atoms with Crippen LogP contribution in [0.4, 0.5) is 10.5 Å². The number of rotatable bonds is 3. The van der Waals surface area contributed by atoms with Gasteiger partial charge in [-0.3, -0.25) is 10.1 Å². The van der Waals surface area contributed by atoms with Crippen molar-refractivity contribution >= 4 is 11.8 Å². The van der Waals surface area contributed by atoms with Crippen molar-refractivity contribution in [1.82, 2.24) is 0 Å². The number of amides is 1. The maximum atomic E-state index is 11.2. The molecule has 0 heterocycles. The Morgan fingerprint density at radius 3 is 2.58 bits per heavy atom. The quantitative estimate of drug-likeness (QED) is 0.670. The summed E-state index contributed by atoms with van der Waals surface area (Å²) in [6, 6.07) is 4.80. The highest BCUT2D eigenvalue weighted by atomic mass is 16.6. The molecule has 1 aliphatic carbocycles. The first kappa shape index (κ1) is 13.3. The van der Waals surface area contributed by atoms with E-state index in [1.807, 2.05) is 0 Å². The Kier molecular flexibility index (Phi) is 3.99. The van der Waals surface area contributed by atoms with E-state index in [1.165, 1.54) is 12.5 Å². The number of hydrogen-bond acceptors (Lipinski definition) is 4. The van der Waals surface area contributed by atoms with Crippen LogP contribution in [0.5, 0.6) is 5.75 Å². The van der Waals surface area contributed by atoms with Gasteiger partial charge in [0, 0.05) is 5.56 Å². The number of nitro benzene ring substituents is 1. The molecule has 0 saturated heterocycles. The van der Waals surface area contributed by atoms with Crippen molar-refractivity contribution in [2.24, 2.45) is 5.73 Å². The molecule has 0 unspecified atom stereocenters. The zero-order valence-electron chi connectivity index (χ0n) is 10.5. The Balaban J connectivity index is 2.41. The molecule has 1 aromatic rings. The van der Waals surface area contributed by atoms with Gasteiger partial charge < -0.3 is 10.5 Å². The number of nitrogens with two attached hydrogens (primary N) is 1. The number of nitrogens with zero attached hydrogens (tertiary/aromatic N) is 1. The van der Waals surface area contributed by atoms with Gasteiger partial charge >= 0.3 is 11.8 Å². The molecule has 102 valence electrons. The molecular formula is C13H16N2O4. The van der Waals surface area contributed by atoms with Crippen LogP contribution < -0.4 is 10.5 Å². The molecule has 0 radical (unpaired) electrons. The summed E-state index contributed by atoms with van der Waals surface area (Å²) >= 11 is 0. The Labute approximate surface area is 110 Å². The summed E-state index contributed by atoms with van der Waals surface area (Å²) in [6.45, 7) is 0. The van der Waals surface area contributed by atoms with Crippen molar-refractivity contribution in [3.05, 3.63) is 33.9 Å². The zero-order valence-corrected chi connectivity index (χ0v) is 10.5. The predicted octanol–water partition coefficient (Wildman–Crippen LogP) is 3.10. The van der Waals surface area contributed by atoms with E-state index in [4.69, 9.17) is 10.5 Å². The van der Waals surface area contributed by atoms with E-state index in [-0.39, 0.29) is 17.4 Å². The number of hydrogen-bond donors (Lipinski definition) is 1. The van der Waals surface area contributed by atoms with Crippen molar-refractivity contribution in [2.75, 3.05) is 0 Å². The van der Waals surface area contributed by atoms with Crippen molar-refractivity contribution < 1.29 is 14.5 Å². The third-order valence-corrected chi connectivity index (χ3v) is 3.47. The third-order valence-electron chi connectivity index (χ3n) is 3.47. The monoisotopic (exact) mass is 264 g/mol. The number of carbonyl (C=O) groups excluding carboxylic acids is 1. The first-order valence-electron chi connectivity index (χ1n) is 6.34. The molecule has 1 amide bonds. The highest BCUT2D eigenvalue weighted by Gasteiger charge is 2.28. The fourth-order valence-electron chi connectivity index (χ4n) is 2.67. The van der Waals surface area contributed by atoms with Crippen LogP contribution in [-0.4, -0.2) is 11.0 Å². The lowest BCUT2D eigenvalue weighted by molar-refractivity contribution is -0.386. The van der Waals surface area contributed by atoms with Crippen molar-refractivity contribution in [2.45, 2.75) is 38.0 Å². The van der Waals surface area contributed by atoms with Crippen LogP contribution >= 0.6 is 0 Å². The van der Waals surface area contributed by atoms with Crippen LogP contribution in [0.2, 0.25) is 0 Å². The summed E-state index contributed by atoms with van der Waals surface area (Å²) in [7, 11) is 0. The van der Waals surface area contributed by atoms with E-state index >= 15 is 0 Å². The molecule has 2 N–H and O–H groups in total. The van der Waals surface area contributed by atoms with E-state index in [9.17, 15) is 14.9 Å². The van der Waals surface area contributed by atoms with Crippen LogP contribution in [0.25, 0.3) is 0 Å². The average molecular weight is 264 g/mol. The van der Waals surface area contributed by atoms with Gasteiger partial charge in [-0.1, -0.05) is 31.4 Å². The molecule has 6 heteroatoms. The van der Waals surface area contributed by atoms with Gasteiger partial charge in [-0.05, 0) is 24.8 Å². The fraction of sp³-hybridized carbons (Fsp3) is 0.462. The lowest BCUT2D eigenvalue weighted by Gasteiger charge is -2.22. The van der Waals surface area contributed by atoms with Gasteiger partial charge in [0.05, 0.1) is 4.92 Å². The van der Waals surface area contributed by atoms with E-state index in [2.05, 4.69) is 0 Å². The van der Waals surface area contributed by atoms with Crippen LogP contribution in [0.1, 0.15) is 43.6 Å². The molecule has 1 fully saturated rings. The van der Waals surface area contributed by atoms with Gasteiger partial charge in [0.2, 0.25) is 5.75 Å². The minimum atomic E-state index is -1.04. The molecule has 0 aliphatic heterocycles. The number of benzene rings is 1. The second-order valence-electron chi connectivity index (χ2n) is 4.71. The highest BCUT2D eigenvalue weighted by molar-refractivity contribution is 5.71. The molecule has 0 spiro atoms. The third kappa shape index (κ3) is 3.01. The second-order valence-corrected chi connectivity index (χ2v) is 4.71. The molecule has 2 rings (SSSR count). The summed E-state index contributed by atoms with van der Waals surface area (Å²) in [5.74, 6) is 0.0890. The molecular weight excluding hydrogens is 248 g/mol. The average Bonchev–Trinajstić information content (AvgIpc) is 2.38. The van der Waals surface area contributed by atoms with Crippen LogP contribution in [0, 0.1) is 10.1 Å². The van der Waals surface area contributed by atoms with Crippen LogP contribution in [0.15, 0.2) is 18.2 Å². The standard InChI is InChI=1S/C13H16N2O4/c14-13(16)19-11-8-4-7-10(12(11)15(17)18)9-5-2-1-3-6-9/h4,7-9H,1-3,5-6H2,(H2,14,16). The summed E-state index contributed by atoms with van der Waals surface area (Å²) in [4.78, 5) is 21.6. The van der Waals surface area contributed by atoms with E-state index in [0.717, 1.165) is 25.7 Å². The second kappa shape index (κ2) is 5.69. The summed E-state index contributed by atoms with van der Waals surface area (Å²) < 4.78 is 4.74. The normalized spacial score (nSPS) is 16.0. The Morgan fingerprint density at radius 1 is 1.32 bits per heavy atom. The maximum Gasteiger partial charge on any atom is 0.410 e. The van der Waals surface area contributed by atoms with Gasteiger partial charge in [0.15, 0.2) is 0 Å². The molecule has 1 aliphatic rings. The predicted molar refractivity (Wildman–Crippen MR) is 69.1 cm³/mol. The largest absolute Gasteiger partial charge is 0.410 e. The molecule has 19 heavy (non-hydrogen) atoms. The van der Waals surface area contributed by atoms with E-state index in [0.29, 0.717) is 5.56 Å². The fourth-order valence-corrected chi connectivity index (χ4v) is 2.67. The van der Waals surface area contributed by atoms with E-state index in [1.54, 1.807) is 12.1 Å². The molecule has 1 aromatic carbocycles. The number of para-hydroxylation sites is 1. The first-order valence-corrected chi connectivity index (χ1v) is 6.34. The SMILES string of the molecule is NC(=O)Oc1cccc(C2CCCCC2)c1[N+](=O)[O-]. The zero-order chi connectivity index (χ0) is 13.8. The molecule has 0 atom stereocenters. The number of primary amides is 1. The lowest BCUT2D eigenvalue weighted by Crippen LogP contribution is -2.17. The Bertz CT molecular complexity index is 495. The Hall–Kier alpha value is -2.11. The summed E-state index contributed by atoms with van der Waals surface area (Å²) in [5, 5.41) is 11.2. The minimum absolute atomic E-state index is 0.0689. The number of ether oxygens (including phenoxy) is 1. The van der Waals surface area contributed by atoms with Crippen molar-refractivity contribution in [3.8, 4) is 5.75 Å². The number of carbonyl (C=O) groups is 1. The lowest BCUT2D eigenvalue weighted by atomic mass is 9.83. The Morgan fingerprint density at radius 2 is 2.00 bits per heavy atom. The van der Waals surface area contributed by atoms with Gasteiger partial charge in [0.1, 0.15) is 0 Å². The molecule has 6 nitrogen and oxygen atoms in total. The van der Waals surface area contributed by atoms with Gasteiger partial charge in [-0.15, -0.1) is 0 Å². The van der Waals surface area contributed by atoms with Crippen molar-refractivity contribution in [1.29, 1.82) is 0 Å². The van der Waals surface area contributed by atoms with Gasteiger partial charge in [-0.2, -0.15) is 0 Å². The van der Waals surface area contributed by atoms with E-state index < -0.39 is 11.0 Å². The number of nitro groups is 1. The maximum absolute atomic E-state index is 11.2. The summed E-state index contributed by atoms with van der Waals surface area (Å²) in [5.41, 5.74) is 5.45. The smallest absolute Gasteiger partial charge is 0.403 e. The molecule has 0 aromatic heterocycles.